The Bertz CT molecular complexity index is 787. The van der Waals surface area contributed by atoms with Crippen molar-refractivity contribution in [2.75, 3.05) is 28.4 Å². The first-order chi connectivity index (χ1) is 12.9. The fourth-order valence-electron chi connectivity index (χ4n) is 2.47. The van der Waals surface area contributed by atoms with Gasteiger partial charge in [0.25, 0.3) is 0 Å². The Hall–Kier alpha value is -3.22. The van der Waals surface area contributed by atoms with Crippen LogP contribution in [0.4, 0.5) is 0 Å². The van der Waals surface area contributed by atoms with Gasteiger partial charge in [-0.3, -0.25) is 4.79 Å². The van der Waals surface area contributed by atoms with E-state index in [1.807, 2.05) is 0 Å². The molecule has 0 spiro atoms. The molecule has 0 unspecified atom stereocenters. The Balaban J connectivity index is 2.19. The van der Waals surface area contributed by atoms with Gasteiger partial charge in [0.15, 0.2) is 17.6 Å². The Morgan fingerprint density at radius 2 is 1.33 bits per heavy atom. The minimum atomic E-state index is -0.968. The molecule has 0 N–H and O–H groups in total. The number of hydrogen-bond acceptors (Lipinski definition) is 7. The number of Topliss-reactive ketones (excluding diaryl/α,β-unsaturated/α-hetero) is 1. The zero-order valence-corrected chi connectivity index (χ0v) is 15.9. The molecule has 1 atom stereocenters. The summed E-state index contributed by atoms with van der Waals surface area (Å²) in [6.45, 7) is 1.52. The van der Waals surface area contributed by atoms with Crippen molar-refractivity contribution in [2.24, 2.45) is 0 Å². The summed E-state index contributed by atoms with van der Waals surface area (Å²) in [6.07, 6.45) is -0.968. The molecule has 0 amide bonds. The van der Waals surface area contributed by atoms with Gasteiger partial charge in [0.2, 0.25) is 11.5 Å². The molecule has 0 aliphatic heterocycles. The molecular weight excluding hydrogens is 352 g/mol. The van der Waals surface area contributed by atoms with Crippen molar-refractivity contribution in [3.05, 3.63) is 47.5 Å². The van der Waals surface area contributed by atoms with Gasteiger partial charge in [-0.25, -0.2) is 4.79 Å². The van der Waals surface area contributed by atoms with E-state index in [0.717, 1.165) is 0 Å². The predicted molar refractivity (Wildman–Crippen MR) is 98.3 cm³/mol. The van der Waals surface area contributed by atoms with Crippen LogP contribution in [0.15, 0.2) is 36.4 Å². The van der Waals surface area contributed by atoms with Crippen LogP contribution in [0.2, 0.25) is 0 Å². The molecular formula is C20H22O7. The lowest BCUT2D eigenvalue weighted by molar-refractivity contribution is 0.0318. The van der Waals surface area contributed by atoms with E-state index in [-0.39, 0.29) is 11.3 Å². The maximum atomic E-state index is 12.5. The summed E-state index contributed by atoms with van der Waals surface area (Å²) in [4.78, 5) is 25.0. The molecule has 0 aliphatic rings. The van der Waals surface area contributed by atoms with Gasteiger partial charge in [-0.15, -0.1) is 0 Å². The lowest BCUT2D eigenvalue weighted by Crippen LogP contribution is -2.24. The first-order valence-electron chi connectivity index (χ1n) is 8.14. The highest BCUT2D eigenvalue weighted by Crippen LogP contribution is 2.38. The molecule has 7 nitrogen and oxygen atoms in total. The van der Waals surface area contributed by atoms with E-state index in [1.165, 1.54) is 40.4 Å². The number of rotatable bonds is 8. The zero-order chi connectivity index (χ0) is 20.0. The predicted octanol–water partition coefficient (Wildman–Crippen LogP) is 3.15. The zero-order valence-electron chi connectivity index (χ0n) is 15.9. The maximum absolute atomic E-state index is 12.5. The molecule has 0 aliphatic carbocycles. The molecule has 0 heterocycles. The highest BCUT2D eigenvalue weighted by molar-refractivity contribution is 6.01. The first-order valence-corrected chi connectivity index (χ1v) is 8.14. The van der Waals surface area contributed by atoms with Crippen molar-refractivity contribution < 1.29 is 33.3 Å². The Morgan fingerprint density at radius 3 is 1.78 bits per heavy atom. The van der Waals surface area contributed by atoms with Crippen molar-refractivity contribution in [2.45, 2.75) is 13.0 Å². The summed E-state index contributed by atoms with van der Waals surface area (Å²) in [7, 11) is 5.90. The largest absolute Gasteiger partial charge is 0.497 e. The van der Waals surface area contributed by atoms with E-state index in [4.69, 9.17) is 23.7 Å². The van der Waals surface area contributed by atoms with Crippen molar-refractivity contribution in [1.29, 1.82) is 0 Å². The molecule has 27 heavy (non-hydrogen) atoms. The van der Waals surface area contributed by atoms with Gasteiger partial charge < -0.3 is 23.7 Å². The topological polar surface area (TPSA) is 80.3 Å². The van der Waals surface area contributed by atoms with Crippen LogP contribution < -0.4 is 18.9 Å². The van der Waals surface area contributed by atoms with Crippen molar-refractivity contribution in [1.82, 2.24) is 0 Å². The van der Waals surface area contributed by atoms with Crippen LogP contribution in [-0.4, -0.2) is 46.3 Å². The molecule has 0 saturated heterocycles. The van der Waals surface area contributed by atoms with E-state index < -0.39 is 12.1 Å². The molecule has 0 bridgehead atoms. The normalized spacial score (nSPS) is 11.3. The summed E-state index contributed by atoms with van der Waals surface area (Å²) in [5.41, 5.74) is 0.597. The third-order valence-corrected chi connectivity index (χ3v) is 3.93. The molecule has 2 rings (SSSR count). The number of carbonyl (C=O) groups excluding carboxylic acids is 2. The van der Waals surface area contributed by atoms with E-state index in [0.29, 0.717) is 28.6 Å². The van der Waals surface area contributed by atoms with E-state index in [9.17, 15) is 9.59 Å². The molecule has 144 valence electrons. The highest BCUT2D eigenvalue weighted by Gasteiger charge is 2.23. The van der Waals surface area contributed by atoms with Crippen molar-refractivity contribution >= 4 is 11.8 Å². The molecule has 0 radical (unpaired) electrons. The van der Waals surface area contributed by atoms with Crippen LogP contribution in [0.25, 0.3) is 0 Å². The number of ketones is 1. The third-order valence-electron chi connectivity index (χ3n) is 3.93. The molecule has 0 saturated carbocycles. The van der Waals surface area contributed by atoms with Crippen LogP contribution in [-0.2, 0) is 4.74 Å². The van der Waals surface area contributed by atoms with Gasteiger partial charge in [-0.05, 0) is 43.3 Å². The number of methoxy groups -OCH3 is 4. The minimum absolute atomic E-state index is 0.180. The van der Waals surface area contributed by atoms with Gasteiger partial charge in [0, 0.05) is 5.56 Å². The fraction of sp³-hybridized carbons (Fsp3) is 0.300. The summed E-state index contributed by atoms with van der Waals surface area (Å²) >= 11 is 0. The summed E-state index contributed by atoms with van der Waals surface area (Å²) in [5, 5.41) is 0. The van der Waals surface area contributed by atoms with Gasteiger partial charge in [-0.2, -0.15) is 0 Å². The average molecular weight is 374 g/mol. The monoisotopic (exact) mass is 374 g/mol. The standard InChI is InChI=1S/C20H22O7/c1-12(18(21)13-6-8-15(23-2)9-7-13)27-20(22)14-10-16(24-3)19(26-5)17(11-14)25-4/h6-12H,1-5H3/t12-/m1/s1. The summed E-state index contributed by atoms with van der Waals surface area (Å²) in [6, 6.07) is 9.50. The number of esters is 1. The highest BCUT2D eigenvalue weighted by atomic mass is 16.5. The fourth-order valence-corrected chi connectivity index (χ4v) is 2.47. The molecule has 2 aromatic rings. The van der Waals surface area contributed by atoms with Crippen molar-refractivity contribution in [3.8, 4) is 23.0 Å². The number of benzene rings is 2. The Morgan fingerprint density at radius 1 is 0.778 bits per heavy atom. The van der Waals surface area contributed by atoms with Crippen LogP contribution in [0.1, 0.15) is 27.6 Å². The second-order valence-corrected chi connectivity index (χ2v) is 5.55. The van der Waals surface area contributed by atoms with Crippen LogP contribution in [0, 0.1) is 0 Å². The Kier molecular flexibility index (Phi) is 6.65. The smallest absolute Gasteiger partial charge is 0.339 e. The third kappa shape index (κ3) is 4.49. The molecule has 2 aromatic carbocycles. The summed E-state index contributed by atoms with van der Waals surface area (Å²) < 4.78 is 26.0. The van der Waals surface area contributed by atoms with Gasteiger partial charge in [0.05, 0.1) is 34.0 Å². The van der Waals surface area contributed by atoms with Crippen LogP contribution in [0.5, 0.6) is 23.0 Å². The van der Waals surface area contributed by atoms with Gasteiger partial charge >= 0.3 is 5.97 Å². The van der Waals surface area contributed by atoms with Crippen LogP contribution in [0.3, 0.4) is 0 Å². The number of carbonyl (C=O) groups is 2. The van der Waals surface area contributed by atoms with E-state index >= 15 is 0 Å². The number of hydrogen-bond donors (Lipinski definition) is 0. The first kappa shape index (κ1) is 20.1. The lowest BCUT2D eigenvalue weighted by Gasteiger charge is -2.16. The van der Waals surface area contributed by atoms with Crippen LogP contribution >= 0.6 is 0 Å². The van der Waals surface area contributed by atoms with Gasteiger partial charge in [-0.1, -0.05) is 0 Å². The quantitative estimate of drug-likeness (QED) is 0.519. The van der Waals surface area contributed by atoms with Gasteiger partial charge in [0.1, 0.15) is 5.75 Å². The molecule has 0 fully saturated rings. The maximum Gasteiger partial charge on any atom is 0.339 e. The second-order valence-electron chi connectivity index (χ2n) is 5.55. The average Bonchev–Trinajstić information content (AvgIpc) is 2.71. The van der Waals surface area contributed by atoms with Crippen molar-refractivity contribution in [3.63, 3.8) is 0 Å². The SMILES string of the molecule is COc1ccc(C(=O)[C@@H](C)OC(=O)c2cc(OC)c(OC)c(OC)c2)cc1. The summed E-state index contributed by atoms with van der Waals surface area (Å²) in [5.74, 6) is 0.630. The van der Waals surface area contributed by atoms with E-state index in [1.54, 1.807) is 31.4 Å². The Labute approximate surface area is 157 Å². The second kappa shape index (κ2) is 8.93. The lowest BCUT2D eigenvalue weighted by atomic mass is 10.1. The molecule has 0 aromatic heterocycles. The molecule has 7 heteroatoms. The number of ether oxygens (including phenoxy) is 5. The van der Waals surface area contributed by atoms with E-state index in [2.05, 4.69) is 0 Å². The minimum Gasteiger partial charge on any atom is -0.497 e.